The van der Waals surface area contributed by atoms with Crippen LogP contribution in [0, 0.1) is 0 Å². The van der Waals surface area contributed by atoms with E-state index in [1.807, 2.05) is 18.2 Å². The van der Waals surface area contributed by atoms with Crippen molar-refractivity contribution in [3.05, 3.63) is 54.2 Å². The Balaban J connectivity index is 1.78. The Bertz CT molecular complexity index is 641. The third-order valence-corrected chi connectivity index (χ3v) is 3.88. The van der Waals surface area contributed by atoms with Crippen LogP contribution in [0.3, 0.4) is 0 Å². The highest BCUT2D eigenvalue weighted by molar-refractivity contribution is 5.78. The van der Waals surface area contributed by atoms with Crippen molar-refractivity contribution in [3.63, 3.8) is 0 Å². The number of rotatable bonds is 8. The Kier molecular flexibility index (Phi) is 6.54. The largest absolute Gasteiger partial charge is 0.467 e. The van der Waals surface area contributed by atoms with Gasteiger partial charge in [-0.3, -0.25) is 14.6 Å². The van der Waals surface area contributed by atoms with Crippen molar-refractivity contribution in [3.8, 4) is 0 Å². The molecule has 2 amide bonds. The molecule has 0 aliphatic carbocycles. The van der Waals surface area contributed by atoms with Gasteiger partial charge in [-0.2, -0.15) is 0 Å². The minimum Gasteiger partial charge on any atom is -0.467 e. The van der Waals surface area contributed by atoms with Crippen LogP contribution in [0.15, 0.2) is 47.3 Å². The van der Waals surface area contributed by atoms with Crippen molar-refractivity contribution in [2.75, 3.05) is 20.1 Å². The summed E-state index contributed by atoms with van der Waals surface area (Å²) in [6, 6.07) is 7.49. The zero-order chi connectivity index (χ0) is 17.4. The second kappa shape index (κ2) is 8.86. The molecular weight excluding hydrogens is 306 g/mol. The van der Waals surface area contributed by atoms with Crippen LogP contribution in [-0.4, -0.2) is 46.7 Å². The Labute approximate surface area is 142 Å². The predicted octanol–water partition coefficient (Wildman–Crippen LogP) is 2.11. The van der Waals surface area contributed by atoms with Crippen molar-refractivity contribution in [1.29, 1.82) is 0 Å². The maximum atomic E-state index is 12.2. The van der Waals surface area contributed by atoms with Crippen LogP contribution in [0.5, 0.6) is 0 Å². The van der Waals surface area contributed by atoms with Gasteiger partial charge in [-0.25, -0.2) is 0 Å². The quantitative estimate of drug-likeness (QED) is 0.744. The SMILES string of the molecule is CC(=O)N(CCC(=O)N(C)CCc1ccncc1)Cc1ccco1. The monoisotopic (exact) mass is 329 g/mol. The lowest BCUT2D eigenvalue weighted by molar-refractivity contribution is -0.133. The number of hydrogen-bond donors (Lipinski definition) is 0. The molecule has 6 heteroatoms. The van der Waals surface area contributed by atoms with E-state index < -0.39 is 0 Å². The maximum absolute atomic E-state index is 12.2. The van der Waals surface area contributed by atoms with Crippen LogP contribution in [0.4, 0.5) is 0 Å². The molecule has 0 aliphatic rings. The fourth-order valence-electron chi connectivity index (χ4n) is 2.33. The fourth-order valence-corrected chi connectivity index (χ4v) is 2.33. The zero-order valence-electron chi connectivity index (χ0n) is 14.1. The van der Waals surface area contributed by atoms with Crippen LogP contribution in [0.2, 0.25) is 0 Å². The van der Waals surface area contributed by atoms with Gasteiger partial charge in [0.1, 0.15) is 5.76 Å². The van der Waals surface area contributed by atoms with Crippen molar-refractivity contribution in [2.24, 2.45) is 0 Å². The highest BCUT2D eigenvalue weighted by Gasteiger charge is 2.15. The number of carbonyl (C=O) groups is 2. The van der Waals surface area contributed by atoms with E-state index in [1.165, 1.54) is 6.92 Å². The lowest BCUT2D eigenvalue weighted by atomic mass is 10.2. The van der Waals surface area contributed by atoms with Crippen LogP contribution in [-0.2, 0) is 22.6 Å². The van der Waals surface area contributed by atoms with E-state index in [1.54, 1.807) is 41.6 Å². The van der Waals surface area contributed by atoms with Crippen LogP contribution < -0.4 is 0 Å². The van der Waals surface area contributed by atoms with Crippen LogP contribution in [0.1, 0.15) is 24.7 Å². The van der Waals surface area contributed by atoms with E-state index >= 15 is 0 Å². The molecule has 0 atom stereocenters. The molecule has 0 aromatic carbocycles. The van der Waals surface area contributed by atoms with Crippen molar-refractivity contribution >= 4 is 11.8 Å². The first-order valence-electron chi connectivity index (χ1n) is 7.97. The third kappa shape index (κ3) is 5.53. The van der Waals surface area contributed by atoms with E-state index in [-0.39, 0.29) is 11.8 Å². The molecular formula is C18H23N3O3. The van der Waals surface area contributed by atoms with Crippen LogP contribution in [0.25, 0.3) is 0 Å². The Morgan fingerprint density at radius 1 is 1.17 bits per heavy atom. The predicted molar refractivity (Wildman–Crippen MR) is 90.0 cm³/mol. The lowest BCUT2D eigenvalue weighted by Gasteiger charge is -2.22. The summed E-state index contributed by atoms with van der Waals surface area (Å²) in [6.07, 6.45) is 6.15. The van der Waals surface area contributed by atoms with Gasteiger partial charge in [0, 0.05) is 45.9 Å². The smallest absolute Gasteiger partial charge is 0.224 e. The first-order chi connectivity index (χ1) is 11.6. The highest BCUT2D eigenvalue weighted by Crippen LogP contribution is 2.07. The van der Waals surface area contributed by atoms with Crippen molar-refractivity contribution < 1.29 is 14.0 Å². The van der Waals surface area contributed by atoms with Gasteiger partial charge >= 0.3 is 0 Å². The van der Waals surface area contributed by atoms with E-state index in [0.29, 0.717) is 31.8 Å². The molecule has 2 aromatic rings. The Hall–Kier alpha value is -2.63. The summed E-state index contributed by atoms with van der Waals surface area (Å²) in [5, 5.41) is 0. The molecule has 0 radical (unpaired) electrons. The summed E-state index contributed by atoms with van der Waals surface area (Å²) in [6.45, 7) is 2.91. The van der Waals surface area contributed by atoms with Gasteiger partial charge in [0.05, 0.1) is 12.8 Å². The second-order valence-electron chi connectivity index (χ2n) is 5.69. The number of hydrogen-bond acceptors (Lipinski definition) is 4. The molecule has 2 aromatic heterocycles. The molecule has 2 heterocycles. The Morgan fingerprint density at radius 2 is 1.92 bits per heavy atom. The van der Waals surface area contributed by atoms with Gasteiger partial charge < -0.3 is 14.2 Å². The number of carbonyl (C=O) groups excluding carboxylic acids is 2. The van der Waals surface area contributed by atoms with Crippen molar-refractivity contribution in [2.45, 2.75) is 26.3 Å². The molecule has 24 heavy (non-hydrogen) atoms. The fraction of sp³-hybridized carbons (Fsp3) is 0.389. The molecule has 2 rings (SSSR count). The zero-order valence-corrected chi connectivity index (χ0v) is 14.1. The van der Waals surface area contributed by atoms with Gasteiger partial charge in [-0.05, 0) is 36.2 Å². The van der Waals surface area contributed by atoms with Gasteiger partial charge in [-0.15, -0.1) is 0 Å². The summed E-state index contributed by atoms with van der Waals surface area (Å²) < 4.78 is 5.26. The minimum absolute atomic E-state index is 0.0229. The summed E-state index contributed by atoms with van der Waals surface area (Å²) in [4.78, 5) is 31.3. The first kappa shape index (κ1) is 17.7. The minimum atomic E-state index is -0.0707. The van der Waals surface area contributed by atoms with E-state index in [9.17, 15) is 9.59 Å². The summed E-state index contributed by atoms with van der Waals surface area (Å²) >= 11 is 0. The molecule has 0 bridgehead atoms. The van der Waals surface area contributed by atoms with E-state index in [4.69, 9.17) is 4.42 Å². The van der Waals surface area contributed by atoms with E-state index in [2.05, 4.69) is 4.98 Å². The summed E-state index contributed by atoms with van der Waals surface area (Å²) in [7, 11) is 1.79. The van der Waals surface area contributed by atoms with Gasteiger partial charge in [0.15, 0.2) is 0 Å². The number of nitrogens with zero attached hydrogens (tertiary/aromatic N) is 3. The molecule has 0 saturated heterocycles. The molecule has 6 nitrogen and oxygen atoms in total. The second-order valence-corrected chi connectivity index (χ2v) is 5.69. The highest BCUT2D eigenvalue weighted by atomic mass is 16.3. The molecule has 0 aliphatic heterocycles. The molecule has 0 fully saturated rings. The third-order valence-electron chi connectivity index (χ3n) is 3.88. The van der Waals surface area contributed by atoms with Gasteiger partial charge in [0.25, 0.3) is 0 Å². The number of pyridine rings is 1. The number of furan rings is 1. The standard InChI is InChI=1S/C18H23N3O3/c1-15(22)21(14-17-4-3-13-24-17)12-8-18(23)20(2)11-7-16-5-9-19-10-6-16/h3-6,9-10,13H,7-8,11-12,14H2,1-2H3. The average molecular weight is 329 g/mol. The molecule has 128 valence electrons. The number of likely N-dealkylation sites (N-methyl/N-ethyl adjacent to an activating group) is 1. The van der Waals surface area contributed by atoms with Gasteiger partial charge in [0.2, 0.25) is 11.8 Å². The number of aromatic nitrogens is 1. The lowest BCUT2D eigenvalue weighted by Crippen LogP contribution is -2.35. The molecule has 0 saturated carbocycles. The van der Waals surface area contributed by atoms with E-state index in [0.717, 1.165) is 12.0 Å². The van der Waals surface area contributed by atoms with Gasteiger partial charge in [-0.1, -0.05) is 0 Å². The first-order valence-corrected chi connectivity index (χ1v) is 7.97. The maximum Gasteiger partial charge on any atom is 0.224 e. The molecule has 0 N–H and O–H groups in total. The summed E-state index contributed by atoms with van der Waals surface area (Å²) in [5.41, 5.74) is 1.15. The average Bonchev–Trinajstić information content (AvgIpc) is 3.10. The molecule has 0 unspecified atom stereocenters. The Morgan fingerprint density at radius 3 is 2.54 bits per heavy atom. The summed E-state index contributed by atoms with van der Waals surface area (Å²) in [5.74, 6) is 0.664. The van der Waals surface area contributed by atoms with Crippen LogP contribution >= 0.6 is 0 Å². The van der Waals surface area contributed by atoms with Crippen molar-refractivity contribution in [1.82, 2.24) is 14.8 Å². The topological polar surface area (TPSA) is 66.7 Å². The molecule has 0 spiro atoms. The number of amides is 2. The normalized spacial score (nSPS) is 10.4.